The highest BCUT2D eigenvalue weighted by Crippen LogP contribution is 2.19. The van der Waals surface area contributed by atoms with Crippen LogP contribution in [0.3, 0.4) is 0 Å². The lowest BCUT2D eigenvalue weighted by atomic mass is 10.0. The second-order valence-electron chi connectivity index (χ2n) is 6.02. The second kappa shape index (κ2) is 5.98. The van der Waals surface area contributed by atoms with Crippen molar-refractivity contribution >= 4 is 10.9 Å². The molecule has 112 valence electrons. The SMILES string of the molecule is Cc1ccc2c(=O)n(CCC[C@@H]3CCOC3)cnc2c1C. The van der Waals surface area contributed by atoms with Gasteiger partial charge in [0.25, 0.3) is 5.56 Å². The zero-order chi connectivity index (χ0) is 14.8. The van der Waals surface area contributed by atoms with Crippen LogP contribution in [0.2, 0.25) is 0 Å². The van der Waals surface area contributed by atoms with Crippen LogP contribution in [-0.2, 0) is 11.3 Å². The van der Waals surface area contributed by atoms with Gasteiger partial charge in [0.15, 0.2) is 0 Å². The monoisotopic (exact) mass is 286 g/mol. The van der Waals surface area contributed by atoms with Crippen LogP contribution in [-0.4, -0.2) is 22.8 Å². The van der Waals surface area contributed by atoms with E-state index in [2.05, 4.69) is 4.98 Å². The maximum atomic E-state index is 12.5. The van der Waals surface area contributed by atoms with Gasteiger partial charge in [0.2, 0.25) is 0 Å². The molecule has 1 aliphatic rings. The number of benzene rings is 1. The van der Waals surface area contributed by atoms with Crippen molar-refractivity contribution in [3.63, 3.8) is 0 Å². The van der Waals surface area contributed by atoms with Gasteiger partial charge in [-0.2, -0.15) is 0 Å². The Balaban J connectivity index is 1.78. The van der Waals surface area contributed by atoms with Gasteiger partial charge in [-0.1, -0.05) is 6.07 Å². The minimum absolute atomic E-state index is 0.0748. The van der Waals surface area contributed by atoms with Crippen LogP contribution in [0.25, 0.3) is 10.9 Å². The minimum Gasteiger partial charge on any atom is -0.381 e. The highest BCUT2D eigenvalue weighted by atomic mass is 16.5. The summed E-state index contributed by atoms with van der Waals surface area (Å²) in [5.41, 5.74) is 3.18. The number of nitrogens with zero attached hydrogens (tertiary/aromatic N) is 2. The Labute approximate surface area is 124 Å². The molecular weight excluding hydrogens is 264 g/mol. The maximum absolute atomic E-state index is 12.5. The van der Waals surface area contributed by atoms with Crippen molar-refractivity contribution in [2.75, 3.05) is 13.2 Å². The van der Waals surface area contributed by atoms with Crippen LogP contribution in [0.4, 0.5) is 0 Å². The Hall–Kier alpha value is -1.68. The molecule has 0 aliphatic carbocycles. The van der Waals surface area contributed by atoms with E-state index in [4.69, 9.17) is 4.74 Å². The van der Waals surface area contributed by atoms with Crippen molar-refractivity contribution in [3.8, 4) is 0 Å². The molecule has 0 bridgehead atoms. The van der Waals surface area contributed by atoms with Gasteiger partial charge >= 0.3 is 0 Å². The third kappa shape index (κ3) is 2.86. The van der Waals surface area contributed by atoms with Gasteiger partial charge in [0.1, 0.15) is 0 Å². The fourth-order valence-electron chi connectivity index (χ4n) is 3.00. The van der Waals surface area contributed by atoms with Crippen molar-refractivity contribution < 1.29 is 4.74 Å². The summed E-state index contributed by atoms with van der Waals surface area (Å²) < 4.78 is 7.13. The Morgan fingerprint density at radius 1 is 1.38 bits per heavy atom. The van der Waals surface area contributed by atoms with Crippen molar-refractivity contribution in [2.24, 2.45) is 5.92 Å². The van der Waals surface area contributed by atoms with E-state index in [1.807, 2.05) is 26.0 Å². The normalized spacial score (nSPS) is 18.5. The van der Waals surface area contributed by atoms with E-state index in [1.54, 1.807) is 10.9 Å². The number of hydrogen-bond acceptors (Lipinski definition) is 3. The summed E-state index contributed by atoms with van der Waals surface area (Å²) in [4.78, 5) is 17.0. The second-order valence-corrected chi connectivity index (χ2v) is 6.02. The first-order chi connectivity index (χ1) is 10.2. The van der Waals surface area contributed by atoms with E-state index in [9.17, 15) is 4.79 Å². The average Bonchev–Trinajstić information content (AvgIpc) is 2.99. The molecule has 4 heteroatoms. The number of rotatable bonds is 4. The number of aromatic nitrogens is 2. The lowest BCUT2D eigenvalue weighted by Gasteiger charge is -2.10. The van der Waals surface area contributed by atoms with Crippen LogP contribution in [0.1, 0.15) is 30.4 Å². The lowest BCUT2D eigenvalue weighted by Crippen LogP contribution is -2.21. The van der Waals surface area contributed by atoms with Crippen LogP contribution in [0, 0.1) is 19.8 Å². The fraction of sp³-hybridized carbons (Fsp3) is 0.529. The van der Waals surface area contributed by atoms with Crippen LogP contribution in [0.5, 0.6) is 0 Å². The Morgan fingerprint density at radius 3 is 3.00 bits per heavy atom. The zero-order valence-corrected chi connectivity index (χ0v) is 12.8. The number of fused-ring (bicyclic) bond motifs is 1. The fourth-order valence-corrected chi connectivity index (χ4v) is 3.00. The largest absolute Gasteiger partial charge is 0.381 e. The predicted octanol–water partition coefficient (Wildman–Crippen LogP) is 2.83. The summed E-state index contributed by atoms with van der Waals surface area (Å²) in [5.74, 6) is 0.666. The van der Waals surface area contributed by atoms with Crippen molar-refractivity contribution in [3.05, 3.63) is 39.9 Å². The summed E-state index contributed by atoms with van der Waals surface area (Å²) in [6.07, 6.45) is 4.98. The Kier molecular flexibility index (Phi) is 4.06. The van der Waals surface area contributed by atoms with Gasteiger partial charge in [-0.05, 0) is 56.2 Å². The molecule has 3 rings (SSSR count). The van der Waals surface area contributed by atoms with Crippen molar-refractivity contribution in [2.45, 2.75) is 39.7 Å². The molecule has 0 N–H and O–H groups in total. The Bertz CT molecular complexity index is 700. The smallest absolute Gasteiger partial charge is 0.261 e. The van der Waals surface area contributed by atoms with Gasteiger partial charge in [0.05, 0.1) is 17.2 Å². The molecule has 2 heterocycles. The molecule has 1 atom stereocenters. The number of hydrogen-bond donors (Lipinski definition) is 0. The predicted molar refractivity (Wildman–Crippen MR) is 83.6 cm³/mol. The average molecular weight is 286 g/mol. The molecule has 2 aromatic rings. The molecule has 1 aromatic heterocycles. The molecule has 0 unspecified atom stereocenters. The molecule has 1 aromatic carbocycles. The first kappa shape index (κ1) is 14.3. The quantitative estimate of drug-likeness (QED) is 0.868. The van der Waals surface area contributed by atoms with Crippen molar-refractivity contribution in [1.82, 2.24) is 9.55 Å². The summed E-state index contributed by atoms with van der Waals surface area (Å²) in [7, 11) is 0. The molecular formula is C17H22N2O2. The van der Waals surface area contributed by atoms with Gasteiger partial charge in [-0.15, -0.1) is 0 Å². The maximum Gasteiger partial charge on any atom is 0.261 e. The zero-order valence-electron chi connectivity index (χ0n) is 12.8. The van der Waals surface area contributed by atoms with E-state index in [-0.39, 0.29) is 5.56 Å². The molecule has 21 heavy (non-hydrogen) atoms. The summed E-state index contributed by atoms with van der Waals surface area (Å²) in [6, 6.07) is 3.90. The van der Waals surface area contributed by atoms with Crippen LogP contribution >= 0.6 is 0 Å². The van der Waals surface area contributed by atoms with Crippen molar-refractivity contribution in [1.29, 1.82) is 0 Å². The third-order valence-corrected chi connectivity index (χ3v) is 4.55. The third-order valence-electron chi connectivity index (χ3n) is 4.55. The molecule has 0 spiro atoms. The molecule has 0 amide bonds. The standard InChI is InChI=1S/C17H22N2O2/c1-12-5-6-15-16(13(12)2)18-11-19(17(15)20)8-3-4-14-7-9-21-10-14/h5-6,11,14H,3-4,7-10H2,1-2H3/t14-/m1/s1. The van der Waals surface area contributed by atoms with E-state index < -0.39 is 0 Å². The highest BCUT2D eigenvalue weighted by molar-refractivity contribution is 5.81. The van der Waals surface area contributed by atoms with E-state index in [0.717, 1.165) is 55.5 Å². The van der Waals surface area contributed by atoms with E-state index >= 15 is 0 Å². The molecule has 1 fully saturated rings. The van der Waals surface area contributed by atoms with Crippen LogP contribution < -0.4 is 5.56 Å². The Morgan fingerprint density at radius 2 is 2.24 bits per heavy atom. The van der Waals surface area contributed by atoms with E-state index in [0.29, 0.717) is 5.92 Å². The summed E-state index contributed by atoms with van der Waals surface area (Å²) in [5, 5.41) is 0.727. The minimum atomic E-state index is 0.0748. The van der Waals surface area contributed by atoms with Crippen LogP contribution in [0.15, 0.2) is 23.3 Å². The molecule has 4 nitrogen and oxygen atoms in total. The first-order valence-corrected chi connectivity index (χ1v) is 7.70. The molecule has 1 saturated heterocycles. The topological polar surface area (TPSA) is 44.1 Å². The van der Waals surface area contributed by atoms with E-state index in [1.165, 1.54) is 5.56 Å². The van der Waals surface area contributed by atoms with Gasteiger partial charge in [0, 0.05) is 19.8 Å². The molecule has 0 radical (unpaired) electrons. The van der Waals surface area contributed by atoms with Gasteiger partial charge in [-0.25, -0.2) is 4.98 Å². The van der Waals surface area contributed by atoms with Gasteiger partial charge in [-0.3, -0.25) is 9.36 Å². The summed E-state index contributed by atoms with van der Waals surface area (Å²) >= 11 is 0. The summed E-state index contributed by atoms with van der Waals surface area (Å²) in [6.45, 7) is 6.58. The molecule has 1 aliphatic heterocycles. The lowest BCUT2D eigenvalue weighted by molar-refractivity contribution is 0.183. The van der Waals surface area contributed by atoms with Gasteiger partial charge < -0.3 is 4.74 Å². The number of aryl methyl sites for hydroxylation is 3. The highest BCUT2D eigenvalue weighted by Gasteiger charge is 2.15. The first-order valence-electron chi connectivity index (χ1n) is 7.70. The molecule has 0 saturated carbocycles. The number of ether oxygens (including phenoxy) is 1.